The average molecular weight is 309 g/mol. The van der Waals surface area contributed by atoms with Crippen LogP contribution in [0.2, 0.25) is 18.1 Å². The lowest BCUT2D eigenvalue weighted by Gasteiger charge is -2.44. The zero-order valence-electron chi connectivity index (χ0n) is 14.7. The van der Waals surface area contributed by atoms with Crippen molar-refractivity contribution in [3.63, 3.8) is 0 Å². The van der Waals surface area contributed by atoms with Gasteiger partial charge in [-0.3, -0.25) is 0 Å². The van der Waals surface area contributed by atoms with Gasteiger partial charge in [0, 0.05) is 11.8 Å². The maximum absolute atomic E-state index is 10.8. The van der Waals surface area contributed by atoms with Crippen LogP contribution in [0.25, 0.3) is 0 Å². The first-order valence-corrected chi connectivity index (χ1v) is 11.3. The van der Waals surface area contributed by atoms with E-state index in [1.165, 1.54) is 6.42 Å². The van der Waals surface area contributed by atoms with E-state index in [-0.39, 0.29) is 10.5 Å². The van der Waals surface area contributed by atoms with Gasteiger partial charge in [0.25, 0.3) is 0 Å². The summed E-state index contributed by atoms with van der Waals surface area (Å²) in [7, 11) is -1.71. The number of aldehydes is 1. The van der Waals surface area contributed by atoms with E-state index >= 15 is 0 Å². The fraction of sp³-hybridized carbons (Fsp3) is 0.833. The van der Waals surface area contributed by atoms with Gasteiger partial charge in [0.15, 0.2) is 8.32 Å². The molecule has 0 aromatic heterocycles. The molecule has 0 radical (unpaired) electrons. The van der Waals surface area contributed by atoms with Crippen molar-refractivity contribution in [1.29, 1.82) is 0 Å². The van der Waals surface area contributed by atoms with E-state index in [1.54, 1.807) is 5.57 Å². The Morgan fingerprint density at radius 1 is 1.38 bits per heavy atom. The Hall–Kier alpha value is -0.413. The highest BCUT2D eigenvalue weighted by molar-refractivity contribution is 6.74. The first-order chi connectivity index (χ1) is 9.60. The normalized spacial score (nSPS) is 33.5. The van der Waals surface area contributed by atoms with Crippen LogP contribution in [0.3, 0.4) is 0 Å². The van der Waals surface area contributed by atoms with Crippen LogP contribution in [-0.4, -0.2) is 20.7 Å². The monoisotopic (exact) mass is 308 g/mol. The van der Waals surface area contributed by atoms with Crippen LogP contribution < -0.4 is 0 Å². The van der Waals surface area contributed by atoms with Crippen LogP contribution in [-0.2, 0) is 9.22 Å². The Bertz CT molecular complexity index is 433. The van der Waals surface area contributed by atoms with Crippen molar-refractivity contribution in [2.45, 2.75) is 84.0 Å². The molecule has 120 valence electrons. The van der Waals surface area contributed by atoms with Gasteiger partial charge in [0.05, 0.1) is 6.10 Å². The summed E-state index contributed by atoms with van der Waals surface area (Å²) in [6.07, 6.45) is 9.16. The van der Waals surface area contributed by atoms with E-state index < -0.39 is 8.32 Å². The van der Waals surface area contributed by atoms with E-state index in [0.717, 1.165) is 25.5 Å². The molecule has 0 aromatic carbocycles. The SMILES string of the molecule is CC(C)(C)[Si](C)(C)O[C@@H]1CCC2=C[C@@H](CC=O)CC[C@]21C. The maximum atomic E-state index is 10.8. The molecular weight excluding hydrogens is 276 g/mol. The average Bonchev–Trinajstić information content (AvgIpc) is 2.66. The predicted octanol–water partition coefficient (Wildman–Crippen LogP) is 5.10. The van der Waals surface area contributed by atoms with Crippen LogP contribution in [0.15, 0.2) is 11.6 Å². The number of allylic oxidation sites excluding steroid dienone is 1. The first kappa shape index (κ1) is 16.9. The van der Waals surface area contributed by atoms with Crippen molar-refractivity contribution in [2.75, 3.05) is 0 Å². The van der Waals surface area contributed by atoms with E-state index in [0.29, 0.717) is 18.4 Å². The largest absolute Gasteiger partial charge is 0.413 e. The molecule has 2 nitrogen and oxygen atoms in total. The van der Waals surface area contributed by atoms with Crippen molar-refractivity contribution in [1.82, 2.24) is 0 Å². The molecule has 0 amide bonds. The smallest absolute Gasteiger partial charge is 0.192 e. The second kappa shape index (κ2) is 5.66. The van der Waals surface area contributed by atoms with Gasteiger partial charge < -0.3 is 9.22 Å². The Balaban J connectivity index is 2.16. The number of carbonyl (C=O) groups excluding carboxylic acids is 1. The zero-order valence-corrected chi connectivity index (χ0v) is 15.7. The molecule has 0 aromatic rings. The van der Waals surface area contributed by atoms with E-state index in [9.17, 15) is 4.79 Å². The molecule has 0 heterocycles. The fourth-order valence-corrected chi connectivity index (χ4v) is 5.02. The molecule has 2 aliphatic rings. The van der Waals surface area contributed by atoms with Crippen LogP contribution >= 0.6 is 0 Å². The van der Waals surface area contributed by atoms with E-state index in [1.807, 2.05) is 0 Å². The molecule has 0 saturated heterocycles. The number of carbonyl (C=O) groups is 1. The summed E-state index contributed by atoms with van der Waals surface area (Å²) < 4.78 is 6.76. The van der Waals surface area contributed by atoms with Crippen LogP contribution in [0.4, 0.5) is 0 Å². The van der Waals surface area contributed by atoms with Gasteiger partial charge in [0.1, 0.15) is 6.29 Å². The minimum atomic E-state index is -1.71. The van der Waals surface area contributed by atoms with E-state index in [4.69, 9.17) is 4.43 Å². The van der Waals surface area contributed by atoms with Gasteiger partial charge in [-0.05, 0) is 49.7 Å². The van der Waals surface area contributed by atoms with Crippen LogP contribution in [0, 0.1) is 11.3 Å². The lowest BCUT2D eigenvalue weighted by Crippen LogP contribution is -2.47. The van der Waals surface area contributed by atoms with Crippen LogP contribution in [0.1, 0.15) is 59.8 Å². The Labute approximate surface area is 131 Å². The second-order valence-electron chi connectivity index (χ2n) is 8.72. The third-order valence-electron chi connectivity index (χ3n) is 6.23. The topological polar surface area (TPSA) is 26.3 Å². The number of hydrogen-bond donors (Lipinski definition) is 0. The van der Waals surface area contributed by atoms with Crippen molar-refractivity contribution < 1.29 is 9.22 Å². The highest BCUT2D eigenvalue weighted by Crippen LogP contribution is 2.53. The lowest BCUT2D eigenvalue weighted by molar-refractivity contribution is -0.108. The Morgan fingerprint density at radius 2 is 2.05 bits per heavy atom. The van der Waals surface area contributed by atoms with Crippen LogP contribution in [0.5, 0.6) is 0 Å². The summed E-state index contributed by atoms with van der Waals surface area (Å²) in [6, 6.07) is 0. The first-order valence-electron chi connectivity index (χ1n) is 8.43. The van der Waals surface area contributed by atoms with Gasteiger partial charge in [-0.15, -0.1) is 0 Å². The number of rotatable bonds is 4. The lowest BCUT2D eigenvalue weighted by atomic mass is 9.71. The van der Waals surface area contributed by atoms with Crippen molar-refractivity contribution >= 4 is 14.6 Å². The van der Waals surface area contributed by atoms with Gasteiger partial charge >= 0.3 is 0 Å². The van der Waals surface area contributed by atoms with E-state index in [2.05, 4.69) is 46.9 Å². The highest BCUT2D eigenvalue weighted by atomic mass is 28.4. The van der Waals surface area contributed by atoms with Crippen molar-refractivity contribution in [2.24, 2.45) is 11.3 Å². The van der Waals surface area contributed by atoms with Gasteiger partial charge in [-0.25, -0.2) is 0 Å². The zero-order chi connectivity index (χ0) is 15.9. The maximum Gasteiger partial charge on any atom is 0.192 e. The molecule has 2 aliphatic carbocycles. The summed E-state index contributed by atoms with van der Waals surface area (Å²) >= 11 is 0. The molecule has 21 heavy (non-hydrogen) atoms. The second-order valence-corrected chi connectivity index (χ2v) is 13.5. The molecule has 1 fully saturated rings. The van der Waals surface area contributed by atoms with Crippen molar-refractivity contribution in [3.05, 3.63) is 11.6 Å². The minimum Gasteiger partial charge on any atom is -0.413 e. The molecule has 2 rings (SSSR count). The number of fused-ring (bicyclic) bond motifs is 1. The summed E-state index contributed by atoms with van der Waals surface area (Å²) in [6.45, 7) is 14.0. The van der Waals surface area contributed by atoms with Crippen molar-refractivity contribution in [3.8, 4) is 0 Å². The predicted molar refractivity (Wildman–Crippen MR) is 90.9 cm³/mol. The third-order valence-corrected chi connectivity index (χ3v) is 10.7. The summed E-state index contributed by atoms with van der Waals surface area (Å²) in [5.41, 5.74) is 1.78. The molecule has 0 aliphatic heterocycles. The Morgan fingerprint density at radius 3 is 2.62 bits per heavy atom. The molecule has 0 N–H and O–H groups in total. The molecule has 3 heteroatoms. The molecule has 0 bridgehead atoms. The number of hydrogen-bond acceptors (Lipinski definition) is 2. The Kier molecular flexibility index (Phi) is 4.57. The molecule has 0 unspecified atom stereocenters. The highest BCUT2D eigenvalue weighted by Gasteiger charge is 2.49. The minimum absolute atomic E-state index is 0.217. The molecular formula is C18H32O2Si. The third kappa shape index (κ3) is 3.19. The molecule has 3 atom stereocenters. The summed E-state index contributed by atoms with van der Waals surface area (Å²) in [4.78, 5) is 10.8. The molecule has 0 spiro atoms. The standard InChI is InChI=1S/C18H32O2Si/c1-17(2,3)21(5,6)20-16-8-7-15-13-14(10-12-19)9-11-18(15,16)4/h12-14,16H,7-11H2,1-6H3/t14-,16-,18-/m1/s1. The summed E-state index contributed by atoms with van der Waals surface area (Å²) in [5, 5.41) is 0.268. The van der Waals surface area contributed by atoms with Gasteiger partial charge in [-0.1, -0.05) is 39.3 Å². The fourth-order valence-electron chi connectivity index (χ4n) is 3.58. The van der Waals surface area contributed by atoms with Gasteiger partial charge in [-0.2, -0.15) is 0 Å². The summed E-state index contributed by atoms with van der Waals surface area (Å²) in [5.74, 6) is 0.470. The molecule has 1 saturated carbocycles. The van der Waals surface area contributed by atoms with Gasteiger partial charge in [0.2, 0.25) is 0 Å². The quantitative estimate of drug-likeness (QED) is 0.410.